The van der Waals surface area contributed by atoms with E-state index in [1.165, 1.54) is 57.7 Å². The van der Waals surface area contributed by atoms with E-state index < -0.39 is 39.2 Å². The largest absolute Gasteiger partial charge is 0.495 e. The second kappa shape index (κ2) is 11.6. The van der Waals surface area contributed by atoms with Crippen LogP contribution in [0.25, 0.3) is 0 Å². The van der Waals surface area contributed by atoms with Crippen LogP contribution < -0.4 is 23.8 Å². The van der Waals surface area contributed by atoms with Crippen LogP contribution in [0.4, 0.5) is 24.5 Å². The molecule has 1 N–H and O–H groups in total. The molecule has 0 fully saturated rings. The van der Waals surface area contributed by atoms with Gasteiger partial charge in [-0.05, 0) is 48.5 Å². The molecule has 8 nitrogen and oxygen atoms in total. The maximum atomic E-state index is 13.8. The number of nitrogens with one attached hydrogen (secondary N) is 1. The quantitative estimate of drug-likeness (QED) is 0.334. The molecule has 0 saturated heterocycles. The number of hydrogen-bond donors (Lipinski definition) is 1. The molecule has 0 atom stereocenters. The molecule has 0 aromatic heterocycles. The molecular formula is C24H21Cl2F3N2O6S. The van der Waals surface area contributed by atoms with Gasteiger partial charge in [-0.25, -0.2) is 8.42 Å². The van der Waals surface area contributed by atoms with E-state index in [-0.39, 0.29) is 38.5 Å². The van der Waals surface area contributed by atoms with Crippen LogP contribution in [0, 0.1) is 0 Å². The number of methoxy groups -OCH3 is 3. The van der Waals surface area contributed by atoms with Crippen LogP contribution in [0.1, 0.15) is 5.56 Å². The Morgan fingerprint density at radius 1 is 0.895 bits per heavy atom. The second-order valence-corrected chi connectivity index (χ2v) is 10.3. The predicted molar refractivity (Wildman–Crippen MR) is 137 cm³/mol. The third kappa shape index (κ3) is 6.37. The summed E-state index contributed by atoms with van der Waals surface area (Å²) in [4.78, 5) is 12.7. The third-order valence-electron chi connectivity index (χ3n) is 5.20. The molecule has 0 radical (unpaired) electrons. The number of benzene rings is 3. The Kier molecular flexibility index (Phi) is 8.90. The number of carbonyl (C=O) groups is 1. The topological polar surface area (TPSA) is 94.2 Å². The first-order valence-corrected chi connectivity index (χ1v) is 12.8. The lowest BCUT2D eigenvalue weighted by Crippen LogP contribution is -2.38. The Labute approximate surface area is 226 Å². The van der Waals surface area contributed by atoms with Crippen molar-refractivity contribution < 1.29 is 40.6 Å². The average Bonchev–Trinajstić information content (AvgIpc) is 2.87. The van der Waals surface area contributed by atoms with Gasteiger partial charge in [0.15, 0.2) is 11.5 Å². The van der Waals surface area contributed by atoms with E-state index in [2.05, 4.69) is 5.32 Å². The molecule has 0 aliphatic carbocycles. The second-order valence-electron chi connectivity index (χ2n) is 7.59. The molecule has 1 amide bonds. The molecule has 0 saturated carbocycles. The maximum Gasteiger partial charge on any atom is 0.417 e. The molecule has 0 aliphatic heterocycles. The molecule has 0 bridgehead atoms. The molecule has 38 heavy (non-hydrogen) atoms. The highest BCUT2D eigenvalue weighted by atomic mass is 35.5. The molecule has 3 aromatic rings. The Bertz CT molecular complexity index is 1450. The minimum atomic E-state index is -4.77. The van der Waals surface area contributed by atoms with Crippen LogP contribution >= 0.6 is 23.2 Å². The van der Waals surface area contributed by atoms with Gasteiger partial charge in [0.25, 0.3) is 10.0 Å². The van der Waals surface area contributed by atoms with Crippen LogP contribution in [-0.4, -0.2) is 42.2 Å². The Balaban J connectivity index is 2.07. The number of hydrogen-bond acceptors (Lipinski definition) is 6. The fourth-order valence-corrected chi connectivity index (χ4v) is 5.24. The van der Waals surface area contributed by atoms with E-state index >= 15 is 0 Å². The van der Waals surface area contributed by atoms with Gasteiger partial charge in [0.05, 0.1) is 42.5 Å². The van der Waals surface area contributed by atoms with Crippen LogP contribution in [0.5, 0.6) is 17.2 Å². The van der Waals surface area contributed by atoms with Gasteiger partial charge in [0.1, 0.15) is 12.3 Å². The van der Waals surface area contributed by atoms with Crippen LogP contribution in [-0.2, 0) is 21.0 Å². The standard InChI is InChI=1S/C24H21Cl2F3N2O6S/c1-35-20-8-4-14(25)10-19(20)31(38(33,34)16-6-9-21(36-2)22(12-16)37-3)13-23(32)30-15-5-7-18(26)17(11-15)24(27,28)29/h4-12H,13H2,1-3H3,(H,30,32). The first-order chi connectivity index (χ1) is 17.8. The van der Waals surface area contributed by atoms with Crippen molar-refractivity contribution in [3.8, 4) is 17.2 Å². The first-order valence-electron chi connectivity index (χ1n) is 10.6. The Morgan fingerprint density at radius 3 is 2.13 bits per heavy atom. The fraction of sp³-hybridized carbons (Fsp3) is 0.208. The van der Waals surface area contributed by atoms with E-state index in [9.17, 15) is 26.4 Å². The predicted octanol–water partition coefficient (Wildman–Crippen LogP) is 5.87. The highest BCUT2D eigenvalue weighted by Crippen LogP contribution is 2.38. The first kappa shape index (κ1) is 29.2. The number of nitrogens with zero attached hydrogens (tertiary/aromatic N) is 1. The number of anilines is 2. The van der Waals surface area contributed by atoms with E-state index in [4.69, 9.17) is 37.4 Å². The van der Waals surface area contributed by atoms with Gasteiger partial charge in [0.2, 0.25) is 5.91 Å². The number of sulfonamides is 1. The van der Waals surface area contributed by atoms with Crippen molar-refractivity contribution in [2.75, 3.05) is 37.5 Å². The number of ether oxygens (including phenoxy) is 3. The zero-order chi connectivity index (χ0) is 28.3. The Morgan fingerprint density at radius 2 is 1.53 bits per heavy atom. The van der Waals surface area contributed by atoms with Crippen LogP contribution in [0.3, 0.4) is 0 Å². The molecule has 14 heteroatoms. The van der Waals surface area contributed by atoms with E-state index in [0.717, 1.165) is 16.4 Å². The van der Waals surface area contributed by atoms with Crippen LogP contribution in [0.2, 0.25) is 10.0 Å². The maximum absolute atomic E-state index is 13.8. The van der Waals surface area contributed by atoms with E-state index in [1.54, 1.807) is 0 Å². The molecule has 204 valence electrons. The van der Waals surface area contributed by atoms with Gasteiger partial charge in [-0.2, -0.15) is 13.2 Å². The molecular weight excluding hydrogens is 572 g/mol. The highest BCUT2D eigenvalue weighted by Gasteiger charge is 2.34. The summed E-state index contributed by atoms with van der Waals surface area (Å²) in [7, 11) is -0.502. The van der Waals surface area contributed by atoms with Crippen molar-refractivity contribution in [1.82, 2.24) is 0 Å². The minimum Gasteiger partial charge on any atom is -0.495 e. The summed E-state index contributed by atoms with van der Waals surface area (Å²) in [6, 6.07) is 10.7. The van der Waals surface area contributed by atoms with Crippen molar-refractivity contribution in [2.45, 2.75) is 11.1 Å². The van der Waals surface area contributed by atoms with Gasteiger partial charge < -0.3 is 19.5 Å². The summed E-state index contributed by atoms with van der Waals surface area (Å²) in [5, 5.41) is 1.86. The van der Waals surface area contributed by atoms with Crippen molar-refractivity contribution in [1.29, 1.82) is 0 Å². The molecule has 3 rings (SSSR count). The lowest BCUT2D eigenvalue weighted by atomic mass is 10.2. The highest BCUT2D eigenvalue weighted by molar-refractivity contribution is 7.92. The normalized spacial score (nSPS) is 11.6. The van der Waals surface area contributed by atoms with E-state index in [0.29, 0.717) is 6.07 Å². The van der Waals surface area contributed by atoms with Crippen molar-refractivity contribution in [3.05, 3.63) is 70.2 Å². The summed E-state index contributed by atoms with van der Waals surface area (Å²) in [5.74, 6) is -0.514. The van der Waals surface area contributed by atoms with Gasteiger partial charge >= 0.3 is 6.18 Å². The number of alkyl halides is 3. The van der Waals surface area contributed by atoms with Crippen molar-refractivity contribution in [3.63, 3.8) is 0 Å². The zero-order valence-corrected chi connectivity index (χ0v) is 22.4. The summed E-state index contributed by atoms with van der Waals surface area (Å²) >= 11 is 11.7. The monoisotopic (exact) mass is 592 g/mol. The van der Waals surface area contributed by atoms with Crippen molar-refractivity contribution in [2.24, 2.45) is 0 Å². The van der Waals surface area contributed by atoms with Gasteiger partial charge in [-0.15, -0.1) is 0 Å². The number of amides is 1. The number of rotatable bonds is 9. The summed E-state index contributed by atoms with van der Waals surface area (Å²) in [6.07, 6.45) is -4.77. The minimum absolute atomic E-state index is 0.0668. The SMILES string of the molecule is COc1ccc(S(=O)(=O)N(CC(=O)Nc2ccc(Cl)c(C(F)(F)F)c2)c2cc(Cl)ccc2OC)cc1OC. The third-order valence-corrected chi connectivity index (χ3v) is 7.52. The van der Waals surface area contributed by atoms with Gasteiger partial charge in [0, 0.05) is 16.8 Å². The number of halogens is 5. The number of carbonyl (C=O) groups excluding carboxylic acids is 1. The lowest BCUT2D eigenvalue weighted by molar-refractivity contribution is -0.137. The smallest absolute Gasteiger partial charge is 0.417 e. The summed E-state index contributed by atoms with van der Waals surface area (Å²) in [6.45, 7) is -0.850. The molecule has 0 unspecified atom stereocenters. The Hall–Kier alpha value is -3.35. The molecule has 0 spiro atoms. The average molecular weight is 593 g/mol. The summed E-state index contributed by atoms with van der Waals surface area (Å²) < 4.78 is 83.7. The van der Waals surface area contributed by atoms with Crippen molar-refractivity contribution >= 4 is 50.5 Å². The zero-order valence-electron chi connectivity index (χ0n) is 20.1. The lowest BCUT2D eigenvalue weighted by Gasteiger charge is -2.26. The molecule has 3 aromatic carbocycles. The van der Waals surface area contributed by atoms with Gasteiger partial charge in [-0.3, -0.25) is 9.10 Å². The fourth-order valence-electron chi connectivity index (χ4n) is 3.41. The van der Waals surface area contributed by atoms with E-state index in [1.807, 2.05) is 0 Å². The van der Waals surface area contributed by atoms with Gasteiger partial charge in [-0.1, -0.05) is 23.2 Å². The molecule has 0 aliphatic rings. The van der Waals surface area contributed by atoms with Crippen LogP contribution in [0.15, 0.2) is 59.5 Å². The summed E-state index contributed by atoms with van der Waals surface area (Å²) in [5.41, 5.74) is -1.49. The molecule has 0 heterocycles.